The normalized spacial score (nSPS) is 24.8. The maximum atomic E-state index is 10.1. The summed E-state index contributed by atoms with van der Waals surface area (Å²) >= 11 is 0. The minimum atomic E-state index is -1.64. The molecule has 0 radical (unpaired) electrons. The van der Waals surface area contributed by atoms with Crippen LogP contribution in [0.2, 0.25) is 19.6 Å². The minimum absolute atomic E-state index is 0.00655. The van der Waals surface area contributed by atoms with Gasteiger partial charge in [0.15, 0.2) is 18.1 Å². The van der Waals surface area contributed by atoms with E-state index in [0.717, 1.165) is 42.9 Å². The van der Waals surface area contributed by atoms with Gasteiger partial charge >= 0.3 is 0 Å². The highest BCUT2D eigenvalue weighted by Crippen LogP contribution is 2.44. The summed E-state index contributed by atoms with van der Waals surface area (Å²) < 4.78 is 2.59. The van der Waals surface area contributed by atoms with Crippen LogP contribution in [0.25, 0.3) is 11.3 Å². The number of aromatic nitrogens is 1. The zero-order chi connectivity index (χ0) is 30.7. The number of nitrogens with one attached hydrogen (secondary N) is 1. The first-order chi connectivity index (χ1) is 20.6. The van der Waals surface area contributed by atoms with E-state index < -0.39 is 8.07 Å². The summed E-state index contributed by atoms with van der Waals surface area (Å²) in [6.45, 7) is 24.8. The molecule has 4 unspecified atom stereocenters. The predicted molar refractivity (Wildman–Crippen MR) is 185 cm³/mol. The molecule has 4 atom stereocenters. The second-order valence-electron chi connectivity index (χ2n) is 14.1. The Hall–Kier alpha value is -3.18. The van der Waals surface area contributed by atoms with E-state index in [1.807, 2.05) is 6.08 Å². The van der Waals surface area contributed by atoms with Crippen LogP contribution in [-0.2, 0) is 6.42 Å². The van der Waals surface area contributed by atoms with Gasteiger partial charge < -0.3 is 10.4 Å². The number of aliphatic hydroxyl groups excluding tert-OH is 1. The second-order valence-corrected chi connectivity index (χ2v) is 19.2. The molecule has 43 heavy (non-hydrogen) atoms. The average molecular weight is 595 g/mol. The molecule has 4 nitrogen and oxygen atoms in total. The van der Waals surface area contributed by atoms with E-state index in [1.165, 1.54) is 48.9 Å². The predicted octanol–water partition coefficient (Wildman–Crippen LogP) is 8.10. The van der Waals surface area contributed by atoms with Crippen molar-refractivity contribution in [2.24, 2.45) is 16.8 Å². The quantitative estimate of drug-likeness (QED) is 0.147. The Morgan fingerprint density at radius 3 is 2.51 bits per heavy atom. The van der Waals surface area contributed by atoms with Gasteiger partial charge in [-0.15, -0.1) is 6.58 Å². The fraction of sp³-hybridized carbons (Fsp3) is 0.474. The highest BCUT2D eigenvalue weighted by molar-refractivity contribution is 6.89. The van der Waals surface area contributed by atoms with Crippen molar-refractivity contribution in [1.29, 1.82) is 0 Å². The average Bonchev–Trinajstić information content (AvgIpc) is 3.48. The number of fused-ring (bicyclic) bond motifs is 6. The lowest BCUT2D eigenvalue weighted by Gasteiger charge is -2.35. The molecule has 3 aliphatic rings. The molecule has 1 aromatic carbocycles. The van der Waals surface area contributed by atoms with Crippen LogP contribution in [0, 0.1) is 11.8 Å². The number of aliphatic imine (C=N–C) groups is 1. The van der Waals surface area contributed by atoms with Crippen LogP contribution < -0.4 is 15.1 Å². The minimum Gasteiger partial charge on any atom is -0.495 e. The van der Waals surface area contributed by atoms with Crippen LogP contribution >= 0.6 is 0 Å². The first-order valence-electron chi connectivity index (χ1n) is 16.4. The molecule has 1 fully saturated rings. The largest absolute Gasteiger partial charge is 0.495 e. The Kier molecular flexibility index (Phi) is 9.60. The molecule has 2 aromatic rings. The van der Waals surface area contributed by atoms with Gasteiger partial charge in [0.05, 0.1) is 20.5 Å². The van der Waals surface area contributed by atoms with Crippen molar-refractivity contribution in [3.05, 3.63) is 97.6 Å². The number of benzene rings is 1. The van der Waals surface area contributed by atoms with Crippen molar-refractivity contribution in [3.8, 4) is 11.3 Å². The third kappa shape index (κ3) is 6.82. The van der Waals surface area contributed by atoms with Crippen LogP contribution in [-0.4, -0.2) is 31.5 Å². The van der Waals surface area contributed by atoms with Crippen molar-refractivity contribution in [2.45, 2.75) is 95.4 Å². The molecular weight excluding hydrogens is 543 g/mol. The van der Waals surface area contributed by atoms with Gasteiger partial charge in [0.25, 0.3) is 0 Å². The highest BCUT2D eigenvalue weighted by Gasteiger charge is 2.43. The molecule has 0 saturated heterocycles. The first-order valence-corrected chi connectivity index (χ1v) is 19.9. The third-order valence-electron chi connectivity index (χ3n) is 10.1. The molecular formula is C38H52N3OSi+. The van der Waals surface area contributed by atoms with E-state index in [-0.39, 0.29) is 29.8 Å². The molecule has 1 aliphatic carbocycles. The van der Waals surface area contributed by atoms with Crippen LogP contribution in [0.1, 0.15) is 74.5 Å². The van der Waals surface area contributed by atoms with Crippen molar-refractivity contribution in [2.75, 3.05) is 6.54 Å². The summed E-state index contributed by atoms with van der Waals surface area (Å²) in [5, 5.41) is 14.9. The topological polar surface area (TPSA) is 48.5 Å². The lowest BCUT2D eigenvalue weighted by Crippen LogP contribution is -2.54. The fourth-order valence-corrected chi connectivity index (χ4v) is 9.61. The molecule has 5 heteroatoms. The van der Waals surface area contributed by atoms with Gasteiger partial charge in [-0.25, -0.2) is 0 Å². The van der Waals surface area contributed by atoms with Crippen molar-refractivity contribution < 1.29 is 9.67 Å². The zero-order valence-electron chi connectivity index (χ0n) is 26.7. The Bertz CT molecular complexity index is 1410. The Labute approximate surface area is 261 Å². The summed E-state index contributed by atoms with van der Waals surface area (Å²) in [6, 6.07) is 11.7. The van der Waals surface area contributed by atoms with E-state index in [4.69, 9.17) is 11.6 Å². The first kappa shape index (κ1) is 31.2. The summed E-state index contributed by atoms with van der Waals surface area (Å²) in [5.74, 6) is 1.25. The number of pyridine rings is 1. The van der Waals surface area contributed by atoms with Crippen LogP contribution in [0.15, 0.2) is 91.4 Å². The maximum Gasteiger partial charge on any atom is 0.213 e. The molecule has 3 heterocycles. The number of aliphatic hydroxyl groups is 1. The van der Waals surface area contributed by atoms with E-state index in [1.54, 1.807) is 10.8 Å². The van der Waals surface area contributed by atoms with E-state index in [9.17, 15) is 5.11 Å². The molecule has 1 saturated carbocycles. The summed E-state index contributed by atoms with van der Waals surface area (Å²) in [5.41, 5.74) is 7.79. The molecule has 5 rings (SSSR count). The monoisotopic (exact) mass is 594 g/mol. The standard InChI is InChI=1S/C38H51N3OSi/c1-8-29-18-20-34-32-16-12-13-17-33(32)36-23-30(22-28-14-10-11-15-28)37(43(5,6)7)25-41(36)38(34)26(3)24-39-31(9-2)19-21-35(29)40-27(4)42/h8-9,12-13,16-17,23,25,28-29,34-35,38,40H,1-4,10-11,14-15,18-22,24H2,5-7H3/p+1. The zero-order valence-corrected chi connectivity index (χ0v) is 27.7. The molecule has 0 bridgehead atoms. The van der Waals surface area contributed by atoms with E-state index in [2.05, 4.69) is 91.9 Å². The summed E-state index contributed by atoms with van der Waals surface area (Å²) in [6.07, 6.45) is 16.7. The number of rotatable bonds is 7. The lowest BCUT2D eigenvalue weighted by molar-refractivity contribution is -0.708. The van der Waals surface area contributed by atoms with Gasteiger partial charge in [0.2, 0.25) is 5.69 Å². The van der Waals surface area contributed by atoms with Gasteiger partial charge in [-0.2, -0.15) is 4.57 Å². The third-order valence-corrected chi connectivity index (χ3v) is 12.2. The van der Waals surface area contributed by atoms with Gasteiger partial charge in [-0.1, -0.05) is 82.8 Å². The maximum absolute atomic E-state index is 10.1. The van der Waals surface area contributed by atoms with Gasteiger partial charge in [-0.3, -0.25) is 4.99 Å². The molecule has 228 valence electrons. The molecule has 1 aromatic heterocycles. The van der Waals surface area contributed by atoms with Crippen molar-refractivity contribution in [1.82, 2.24) is 5.32 Å². The van der Waals surface area contributed by atoms with Gasteiger partial charge in [-0.05, 0) is 73.8 Å². The summed E-state index contributed by atoms with van der Waals surface area (Å²) in [7, 11) is -1.64. The second kappa shape index (κ2) is 13.2. The van der Waals surface area contributed by atoms with Crippen LogP contribution in [0.4, 0.5) is 0 Å². The van der Waals surface area contributed by atoms with Crippen molar-refractivity contribution >= 4 is 19.0 Å². The van der Waals surface area contributed by atoms with Crippen LogP contribution in [0.5, 0.6) is 0 Å². The molecule has 2 N–H and O–H groups in total. The number of hydrogen-bond donors (Lipinski definition) is 2. The SMILES string of the molecule is C=CC1=NCC(=C)C2C(CCC(C=C)C(NC(=C)O)CC1)c1ccccc1-c1cc(CC3CCCC3)c([Si](C)(C)C)c[n+]12. The van der Waals surface area contributed by atoms with Gasteiger partial charge in [0.1, 0.15) is 0 Å². The van der Waals surface area contributed by atoms with E-state index in [0.29, 0.717) is 6.54 Å². The molecule has 0 amide bonds. The highest BCUT2D eigenvalue weighted by atomic mass is 28.3. The Morgan fingerprint density at radius 1 is 1.09 bits per heavy atom. The summed E-state index contributed by atoms with van der Waals surface area (Å²) in [4.78, 5) is 5.05. The Morgan fingerprint density at radius 2 is 1.84 bits per heavy atom. The van der Waals surface area contributed by atoms with Crippen LogP contribution in [0.3, 0.4) is 0 Å². The Balaban J connectivity index is 1.66. The number of nitrogens with zero attached hydrogens (tertiary/aromatic N) is 2. The fourth-order valence-electron chi connectivity index (χ4n) is 7.95. The number of allylic oxidation sites excluding steroid dienone is 1. The smallest absolute Gasteiger partial charge is 0.213 e. The molecule has 2 aliphatic heterocycles. The van der Waals surface area contributed by atoms with Gasteiger partial charge in [0, 0.05) is 34.1 Å². The number of hydrogen-bond acceptors (Lipinski definition) is 3. The lowest BCUT2D eigenvalue weighted by atomic mass is 9.75. The van der Waals surface area contributed by atoms with Crippen molar-refractivity contribution in [3.63, 3.8) is 0 Å². The molecule has 0 spiro atoms. The van der Waals surface area contributed by atoms with E-state index >= 15 is 0 Å².